The molecule has 0 aromatic rings. The molecule has 120 valence electrons. The zero-order valence-electron chi connectivity index (χ0n) is 12.2. The Balaban J connectivity index is 0.00000220. The number of ether oxygens (including phenoxy) is 1. The standard InChI is InChI=1S/C13H21N3O3S.ClH/c1-2-19-13(18)9-12-16(11(17)10-20-12)8-7-15-5-3-14-4-6-15;/h9,14H,2-8,10H2,1H3;1H/b12-9+;. The first kappa shape index (κ1) is 18.3. The average molecular weight is 336 g/mol. The quantitative estimate of drug-likeness (QED) is 0.576. The highest BCUT2D eigenvalue weighted by Gasteiger charge is 2.27. The van der Waals surface area contributed by atoms with Crippen LogP contribution in [0.1, 0.15) is 6.92 Å². The number of thioether (sulfide) groups is 1. The molecule has 2 heterocycles. The molecule has 0 bridgehead atoms. The summed E-state index contributed by atoms with van der Waals surface area (Å²) in [6.45, 7) is 7.60. The van der Waals surface area contributed by atoms with Gasteiger partial charge in [-0.3, -0.25) is 9.69 Å². The van der Waals surface area contributed by atoms with E-state index in [4.69, 9.17) is 4.74 Å². The van der Waals surface area contributed by atoms with Gasteiger partial charge in [0.05, 0.1) is 23.5 Å². The van der Waals surface area contributed by atoms with Crippen LogP contribution < -0.4 is 5.32 Å². The minimum atomic E-state index is -0.378. The second-order valence-electron chi connectivity index (χ2n) is 4.66. The Labute approximate surface area is 135 Å². The number of esters is 1. The first-order chi connectivity index (χ1) is 9.70. The van der Waals surface area contributed by atoms with Crippen molar-refractivity contribution in [1.82, 2.24) is 15.1 Å². The van der Waals surface area contributed by atoms with Crippen molar-refractivity contribution in [2.24, 2.45) is 0 Å². The topological polar surface area (TPSA) is 61.9 Å². The van der Waals surface area contributed by atoms with Crippen molar-refractivity contribution in [2.45, 2.75) is 6.92 Å². The zero-order valence-corrected chi connectivity index (χ0v) is 13.8. The number of carbonyl (C=O) groups is 2. The van der Waals surface area contributed by atoms with E-state index in [9.17, 15) is 9.59 Å². The summed E-state index contributed by atoms with van der Waals surface area (Å²) in [7, 11) is 0. The number of hydrogen-bond donors (Lipinski definition) is 1. The van der Waals surface area contributed by atoms with Crippen LogP contribution in [-0.4, -0.2) is 73.3 Å². The number of piperazine rings is 1. The van der Waals surface area contributed by atoms with E-state index in [0.29, 0.717) is 23.9 Å². The lowest BCUT2D eigenvalue weighted by molar-refractivity contribution is -0.137. The number of amides is 1. The minimum absolute atomic E-state index is 0. The van der Waals surface area contributed by atoms with Gasteiger partial charge in [0.25, 0.3) is 0 Å². The summed E-state index contributed by atoms with van der Waals surface area (Å²) in [6, 6.07) is 0. The largest absolute Gasteiger partial charge is 0.463 e. The maximum absolute atomic E-state index is 11.9. The smallest absolute Gasteiger partial charge is 0.333 e. The molecule has 1 N–H and O–H groups in total. The minimum Gasteiger partial charge on any atom is -0.463 e. The lowest BCUT2D eigenvalue weighted by Gasteiger charge is -2.29. The molecule has 0 spiro atoms. The van der Waals surface area contributed by atoms with Crippen molar-refractivity contribution < 1.29 is 14.3 Å². The molecule has 0 saturated carbocycles. The molecule has 2 saturated heterocycles. The molecule has 21 heavy (non-hydrogen) atoms. The van der Waals surface area contributed by atoms with Gasteiger partial charge in [0.2, 0.25) is 5.91 Å². The molecule has 0 radical (unpaired) electrons. The van der Waals surface area contributed by atoms with Gasteiger partial charge in [0.1, 0.15) is 0 Å². The molecule has 8 heteroatoms. The van der Waals surface area contributed by atoms with E-state index >= 15 is 0 Å². The van der Waals surface area contributed by atoms with Gasteiger partial charge in [-0.2, -0.15) is 0 Å². The molecule has 0 aliphatic carbocycles. The van der Waals surface area contributed by atoms with E-state index in [-0.39, 0.29) is 24.3 Å². The van der Waals surface area contributed by atoms with Gasteiger partial charge >= 0.3 is 5.97 Å². The normalized spacial score (nSPS) is 21.5. The predicted molar refractivity (Wildman–Crippen MR) is 85.4 cm³/mol. The second kappa shape index (κ2) is 9.30. The predicted octanol–water partition coefficient (Wildman–Crippen LogP) is 0.293. The monoisotopic (exact) mass is 335 g/mol. The van der Waals surface area contributed by atoms with E-state index in [1.165, 1.54) is 17.8 Å². The molecule has 2 rings (SSSR count). The Morgan fingerprint density at radius 2 is 2.10 bits per heavy atom. The van der Waals surface area contributed by atoms with Crippen LogP contribution in [0.2, 0.25) is 0 Å². The van der Waals surface area contributed by atoms with Crippen molar-refractivity contribution in [2.75, 3.05) is 51.6 Å². The number of nitrogens with one attached hydrogen (secondary N) is 1. The molecule has 0 aromatic heterocycles. The summed E-state index contributed by atoms with van der Waals surface area (Å²) in [5.74, 6) is 0.102. The van der Waals surface area contributed by atoms with Crippen molar-refractivity contribution in [3.8, 4) is 0 Å². The van der Waals surface area contributed by atoms with Gasteiger partial charge in [-0.05, 0) is 6.92 Å². The molecule has 0 unspecified atom stereocenters. The van der Waals surface area contributed by atoms with Crippen molar-refractivity contribution in [1.29, 1.82) is 0 Å². The van der Waals surface area contributed by atoms with Gasteiger partial charge < -0.3 is 15.0 Å². The van der Waals surface area contributed by atoms with Gasteiger partial charge in [-0.1, -0.05) is 11.8 Å². The third kappa shape index (κ3) is 5.50. The van der Waals surface area contributed by atoms with E-state index in [1.54, 1.807) is 11.8 Å². The highest BCUT2D eigenvalue weighted by Crippen LogP contribution is 2.28. The van der Waals surface area contributed by atoms with Gasteiger partial charge in [0, 0.05) is 39.3 Å². The lowest BCUT2D eigenvalue weighted by atomic mass is 10.3. The third-order valence-electron chi connectivity index (χ3n) is 3.29. The first-order valence-corrected chi connectivity index (χ1v) is 7.94. The molecule has 6 nitrogen and oxygen atoms in total. The lowest BCUT2D eigenvalue weighted by Crippen LogP contribution is -2.46. The van der Waals surface area contributed by atoms with Crippen molar-refractivity contribution >= 4 is 36.0 Å². The molecular weight excluding hydrogens is 314 g/mol. The number of halogens is 1. The molecule has 2 fully saturated rings. The number of rotatable bonds is 5. The Hall–Kier alpha value is -0.760. The molecule has 2 aliphatic heterocycles. The Morgan fingerprint density at radius 1 is 1.38 bits per heavy atom. The van der Waals surface area contributed by atoms with Crippen LogP contribution in [-0.2, 0) is 14.3 Å². The van der Waals surface area contributed by atoms with Crippen LogP contribution in [0.4, 0.5) is 0 Å². The Morgan fingerprint density at radius 3 is 2.76 bits per heavy atom. The number of hydrogen-bond acceptors (Lipinski definition) is 6. The van der Waals surface area contributed by atoms with Crippen LogP contribution >= 0.6 is 24.2 Å². The molecule has 0 atom stereocenters. The second-order valence-corrected chi connectivity index (χ2v) is 5.66. The van der Waals surface area contributed by atoms with Gasteiger partial charge in [-0.25, -0.2) is 4.79 Å². The first-order valence-electron chi connectivity index (χ1n) is 6.95. The fraction of sp³-hybridized carbons (Fsp3) is 0.692. The highest BCUT2D eigenvalue weighted by atomic mass is 35.5. The van der Waals surface area contributed by atoms with Crippen LogP contribution in [0.3, 0.4) is 0 Å². The molecule has 1 amide bonds. The Kier molecular flexibility index (Phi) is 8.10. The van der Waals surface area contributed by atoms with Gasteiger partial charge in [-0.15, -0.1) is 12.4 Å². The summed E-state index contributed by atoms with van der Waals surface area (Å²) in [5.41, 5.74) is 0. The zero-order chi connectivity index (χ0) is 14.4. The SMILES string of the molecule is CCOC(=O)/C=C1/SCC(=O)N1CCN1CCNCC1.Cl. The van der Waals surface area contributed by atoms with Crippen molar-refractivity contribution in [3.63, 3.8) is 0 Å². The molecular formula is C13H22ClN3O3S. The maximum atomic E-state index is 11.9. The highest BCUT2D eigenvalue weighted by molar-refractivity contribution is 8.04. The van der Waals surface area contributed by atoms with E-state index in [0.717, 1.165) is 32.7 Å². The molecule has 2 aliphatic rings. The van der Waals surface area contributed by atoms with Crippen LogP contribution in [0.5, 0.6) is 0 Å². The number of carbonyl (C=O) groups excluding carboxylic acids is 2. The summed E-state index contributed by atoms with van der Waals surface area (Å²) in [5, 5.41) is 4.01. The summed E-state index contributed by atoms with van der Waals surface area (Å²) in [6.07, 6.45) is 1.43. The summed E-state index contributed by atoms with van der Waals surface area (Å²) < 4.78 is 4.90. The van der Waals surface area contributed by atoms with Crippen LogP contribution in [0.25, 0.3) is 0 Å². The van der Waals surface area contributed by atoms with Gasteiger partial charge in [0.15, 0.2) is 0 Å². The van der Waals surface area contributed by atoms with Crippen LogP contribution in [0.15, 0.2) is 11.1 Å². The number of nitrogens with zero attached hydrogens (tertiary/aromatic N) is 2. The maximum Gasteiger partial charge on any atom is 0.333 e. The summed E-state index contributed by atoms with van der Waals surface area (Å²) in [4.78, 5) is 27.4. The molecule has 0 aromatic carbocycles. The Bertz CT molecular complexity index is 400. The van der Waals surface area contributed by atoms with E-state index < -0.39 is 0 Å². The van der Waals surface area contributed by atoms with Crippen LogP contribution in [0, 0.1) is 0 Å². The van der Waals surface area contributed by atoms with E-state index in [2.05, 4.69) is 10.2 Å². The van der Waals surface area contributed by atoms with Crippen molar-refractivity contribution in [3.05, 3.63) is 11.1 Å². The fourth-order valence-electron chi connectivity index (χ4n) is 2.23. The van der Waals surface area contributed by atoms with E-state index in [1.807, 2.05) is 0 Å². The fourth-order valence-corrected chi connectivity index (χ4v) is 3.19. The third-order valence-corrected chi connectivity index (χ3v) is 4.31. The average Bonchev–Trinajstić information content (AvgIpc) is 2.78. The summed E-state index contributed by atoms with van der Waals surface area (Å²) >= 11 is 1.41.